The summed E-state index contributed by atoms with van der Waals surface area (Å²) in [4.78, 5) is 24.1. The molecular weight excluding hydrogens is 362 g/mol. The molecule has 0 unspecified atom stereocenters. The standard InChI is InChI=1S/C18H18ClNO6/c1-23-14-7-11(8-15(24-2)17(14)25-3)18(22)26-10-16(21)20-13-6-4-5-12(19)9-13/h4-9H,10H2,1-3H3,(H,20,21). The van der Waals surface area contributed by atoms with Crippen LogP contribution >= 0.6 is 11.6 Å². The number of amides is 1. The van der Waals surface area contributed by atoms with Crippen LogP contribution in [0.4, 0.5) is 5.69 Å². The number of carbonyl (C=O) groups is 2. The Bertz CT molecular complexity index is 783. The molecule has 0 aliphatic carbocycles. The number of hydrogen-bond acceptors (Lipinski definition) is 6. The normalized spacial score (nSPS) is 10.0. The SMILES string of the molecule is COc1cc(C(=O)OCC(=O)Nc2cccc(Cl)c2)cc(OC)c1OC. The Morgan fingerprint density at radius 3 is 2.19 bits per heavy atom. The van der Waals surface area contributed by atoms with Crippen LogP contribution < -0.4 is 19.5 Å². The number of halogens is 1. The van der Waals surface area contributed by atoms with Crippen LogP contribution in [0, 0.1) is 0 Å². The Morgan fingerprint density at radius 1 is 1.00 bits per heavy atom. The first-order valence-electron chi connectivity index (χ1n) is 7.51. The second-order valence-electron chi connectivity index (χ2n) is 5.05. The van der Waals surface area contributed by atoms with Gasteiger partial charge in [0.1, 0.15) is 0 Å². The van der Waals surface area contributed by atoms with E-state index in [9.17, 15) is 9.59 Å². The van der Waals surface area contributed by atoms with E-state index in [-0.39, 0.29) is 5.56 Å². The van der Waals surface area contributed by atoms with Gasteiger partial charge in [0.05, 0.1) is 26.9 Å². The third-order valence-electron chi connectivity index (χ3n) is 3.34. The molecule has 2 aromatic rings. The van der Waals surface area contributed by atoms with Gasteiger partial charge in [0, 0.05) is 10.7 Å². The number of nitrogens with one attached hydrogen (secondary N) is 1. The van der Waals surface area contributed by atoms with Crippen molar-refractivity contribution < 1.29 is 28.5 Å². The summed E-state index contributed by atoms with van der Waals surface area (Å²) in [5, 5.41) is 3.07. The smallest absolute Gasteiger partial charge is 0.338 e. The molecule has 0 aliphatic heterocycles. The highest BCUT2D eigenvalue weighted by atomic mass is 35.5. The van der Waals surface area contributed by atoms with Gasteiger partial charge in [0.25, 0.3) is 5.91 Å². The van der Waals surface area contributed by atoms with Gasteiger partial charge >= 0.3 is 5.97 Å². The van der Waals surface area contributed by atoms with Crippen molar-refractivity contribution in [2.24, 2.45) is 0 Å². The molecule has 138 valence electrons. The molecule has 26 heavy (non-hydrogen) atoms. The van der Waals surface area contributed by atoms with Gasteiger partial charge in [0.15, 0.2) is 18.1 Å². The Labute approximate surface area is 155 Å². The molecule has 8 heteroatoms. The largest absolute Gasteiger partial charge is 0.493 e. The average Bonchev–Trinajstić information content (AvgIpc) is 2.64. The highest BCUT2D eigenvalue weighted by Crippen LogP contribution is 2.38. The number of anilines is 1. The van der Waals surface area contributed by atoms with Crippen molar-refractivity contribution in [2.75, 3.05) is 33.3 Å². The summed E-state index contributed by atoms with van der Waals surface area (Å²) in [5.74, 6) is -0.229. The van der Waals surface area contributed by atoms with Crippen molar-refractivity contribution in [3.8, 4) is 17.2 Å². The minimum atomic E-state index is -0.703. The van der Waals surface area contributed by atoms with Crippen LogP contribution in [0.1, 0.15) is 10.4 Å². The van der Waals surface area contributed by atoms with Gasteiger partial charge in [-0.2, -0.15) is 0 Å². The molecule has 0 spiro atoms. The van der Waals surface area contributed by atoms with Gasteiger partial charge in [-0.3, -0.25) is 4.79 Å². The Kier molecular flexibility index (Phi) is 6.68. The van der Waals surface area contributed by atoms with Gasteiger partial charge in [-0.15, -0.1) is 0 Å². The molecule has 1 amide bonds. The minimum Gasteiger partial charge on any atom is -0.493 e. The zero-order valence-corrected chi connectivity index (χ0v) is 15.3. The molecule has 0 aliphatic rings. The Hall–Kier alpha value is -2.93. The molecular formula is C18H18ClNO6. The van der Waals surface area contributed by atoms with E-state index in [0.29, 0.717) is 28.0 Å². The first-order valence-corrected chi connectivity index (χ1v) is 7.88. The van der Waals surface area contributed by atoms with Gasteiger partial charge in [-0.25, -0.2) is 4.79 Å². The van der Waals surface area contributed by atoms with E-state index in [1.54, 1.807) is 24.3 Å². The van der Waals surface area contributed by atoms with Crippen molar-refractivity contribution in [1.82, 2.24) is 0 Å². The van der Waals surface area contributed by atoms with Crippen molar-refractivity contribution in [1.29, 1.82) is 0 Å². The molecule has 0 aromatic heterocycles. The van der Waals surface area contributed by atoms with Crippen molar-refractivity contribution >= 4 is 29.2 Å². The molecule has 0 fully saturated rings. The van der Waals surface area contributed by atoms with Crippen molar-refractivity contribution in [3.05, 3.63) is 47.0 Å². The first kappa shape index (κ1) is 19.4. The van der Waals surface area contributed by atoms with E-state index in [4.69, 9.17) is 30.5 Å². The number of ether oxygens (including phenoxy) is 4. The maximum Gasteiger partial charge on any atom is 0.338 e. The summed E-state index contributed by atoms with van der Waals surface area (Å²) in [6, 6.07) is 9.52. The lowest BCUT2D eigenvalue weighted by Crippen LogP contribution is -2.21. The number of carbonyl (C=O) groups excluding carboxylic acids is 2. The number of hydrogen-bond donors (Lipinski definition) is 1. The summed E-state index contributed by atoms with van der Waals surface area (Å²) in [6.45, 7) is -0.456. The number of rotatable bonds is 7. The van der Waals surface area contributed by atoms with E-state index in [1.807, 2.05) is 0 Å². The van der Waals surface area contributed by atoms with E-state index < -0.39 is 18.5 Å². The summed E-state index contributed by atoms with van der Waals surface area (Å²) >= 11 is 5.85. The maximum atomic E-state index is 12.2. The Morgan fingerprint density at radius 2 is 1.65 bits per heavy atom. The third-order valence-corrected chi connectivity index (χ3v) is 3.58. The van der Waals surface area contributed by atoms with Crippen LogP contribution in [0.2, 0.25) is 5.02 Å². The van der Waals surface area contributed by atoms with Gasteiger partial charge in [-0.1, -0.05) is 17.7 Å². The van der Waals surface area contributed by atoms with Crippen molar-refractivity contribution in [3.63, 3.8) is 0 Å². The first-order chi connectivity index (χ1) is 12.5. The van der Waals surface area contributed by atoms with Gasteiger partial charge < -0.3 is 24.3 Å². The molecule has 0 heterocycles. The number of benzene rings is 2. The van der Waals surface area contributed by atoms with Gasteiger partial charge in [-0.05, 0) is 30.3 Å². The zero-order chi connectivity index (χ0) is 19.1. The third kappa shape index (κ3) is 4.80. The van der Waals surface area contributed by atoms with Crippen molar-refractivity contribution in [2.45, 2.75) is 0 Å². The second kappa shape index (κ2) is 8.96. The van der Waals surface area contributed by atoms with Crippen LogP contribution in [0.5, 0.6) is 17.2 Å². The fourth-order valence-corrected chi connectivity index (χ4v) is 2.37. The molecule has 0 saturated carbocycles. The molecule has 0 radical (unpaired) electrons. The molecule has 2 rings (SSSR count). The fourth-order valence-electron chi connectivity index (χ4n) is 2.18. The monoisotopic (exact) mass is 379 g/mol. The van der Waals surface area contributed by atoms with E-state index >= 15 is 0 Å². The van der Waals surface area contributed by atoms with Crippen LogP contribution in [0.15, 0.2) is 36.4 Å². The molecule has 1 N–H and O–H groups in total. The summed E-state index contributed by atoms with van der Waals surface area (Å²) in [5.41, 5.74) is 0.668. The molecule has 0 bridgehead atoms. The second-order valence-corrected chi connectivity index (χ2v) is 5.49. The van der Waals surface area contributed by atoms with Crippen LogP contribution in [0.25, 0.3) is 0 Å². The van der Waals surface area contributed by atoms with E-state index in [1.165, 1.54) is 33.5 Å². The fraction of sp³-hybridized carbons (Fsp3) is 0.222. The molecule has 7 nitrogen and oxygen atoms in total. The van der Waals surface area contributed by atoms with Gasteiger partial charge in [0.2, 0.25) is 5.75 Å². The van der Waals surface area contributed by atoms with Crippen LogP contribution in [-0.2, 0) is 9.53 Å². The van der Waals surface area contributed by atoms with Crippen LogP contribution in [-0.4, -0.2) is 39.8 Å². The predicted molar refractivity (Wildman–Crippen MR) is 96.5 cm³/mol. The lowest BCUT2D eigenvalue weighted by molar-refractivity contribution is -0.119. The lowest BCUT2D eigenvalue weighted by Gasteiger charge is -2.13. The van der Waals surface area contributed by atoms with E-state index in [0.717, 1.165) is 0 Å². The molecule has 0 saturated heterocycles. The average molecular weight is 380 g/mol. The topological polar surface area (TPSA) is 83.1 Å². The summed E-state index contributed by atoms with van der Waals surface area (Å²) < 4.78 is 20.6. The summed E-state index contributed by atoms with van der Waals surface area (Å²) in [6.07, 6.45) is 0. The highest BCUT2D eigenvalue weighted by molar-refractivity contribution is 6.30. The van der Waals surface area contributed by atoms with E-state index in [2.05, 4.69) is 5.32 Å². The quantitative estimate of drug-likeness (QED) is 0.744. The Balaban J connectivity index is 2.04. The lowest BCUT2D eigenvalue weighted by atomic mass is 10.2. The minimum absolute atomic E-state index is 0.162. The summed E-state index contributed by atoms with van der Waals surface area (Å²) in [7, 11) is 4.33. The molecule has 0 atom stereocenters. The van der Waals surface area contributed by atoms with Crippen LogP contribution in [0.3, 0.4) is 0 Å². The maximum absolute atomic E-state index is 12.2. The predicted octanol–water partition coefficient (Wildman–Crippen LogP) is 3.16. The molecule has 2 aromatic carbocycles. The number of esters is 1. The highest BCUT2D eigenvalue weighted by Gasteiger charge is 2.18. The number of methoxy groups -OCH3 is 3. The zero-order valence-electron chi connectivity index (χ0n) is 14.5.